The highest BCUT2D eigenvalue weighted by Gasteiger charge is 2.66. The molecule has 0 N–H and O–H groups in total. The van der Waals surface area contributed by atoms with Gasteiger partial charge in [0.05, 0.1) is 0 Å². The summed E-state index contributed by atoms with van der Waals surface area (Å²) in [6, 6.07) is 0. The lowest BCUT2D eigenvalue weighted by atomic mass is 9.50. The molecule has 0 aromatic carbocycles. The van der Waals surface area contributed by atoms with Crippen LogP contribution in [0.2, 0.25) is 0 Å². The van der Waals surface area contributed by atoms with Crippen molar-refractivity contribution in [2.24, 2.45) is 29.1 Å². The second-order valence-electron chi connectivity index (χ2n) is 12.0. The highest BCUT2D eigenvalue weighted by atomic mass is 16.6. The van der Waals surface area contributed by atoms with E-state index in [0.29, 0.717) is 48.7 Å². The van der Waals surface area contributed by atoms with Gasteiger partial charge >= 0.3 is 5.97 Å². The molecule has 0 spiro atoms. The smallest absolute Gasteiger partial charge is 0.306 e. The third-order valence-corrected chi connectivity index (χ3v) is 10.3. The van der Waals surface area contributed by atoms with E-state index in [1.165, 1.54) is 37.7 Å². The molecule has 4 nitrogen and oxygen atoms in total. The number of carbonyl (C=O) groups is 3. The Hall–Kier alpha value is -1.45. The minimum absolute atomic E-state index is 0.0449. The summed E-state index contributed by atoms with van der Waals surface area (Å²) in [5.41, 5.74) is 0.180. The van der Waals surface area contributed by atoms with Crippen molar-refractivity contribution in [3.63, 3.8) is 0 Å². The Morgan fingerprint density at radius 2 is 1.68 bits per heavy atom. The van der Waals surface area contributed by atoms with Crippen molar-refractivity contribution in [2.45, 2.75) is 129 Å². The van der Waals surface area contributed by atoms with E-state index in [1.807, 2.05) is 6.08 Å². The Bertz CT molecular complexity index is 813. The average Bonchev–Trinajstić information content (AvgIpc) is 3.11. The largest absolute Gasteiger partial charge is 0.450 e. The molecule has 0 heterocycles. The van der Waals surface area contributed by atoms with Crippen molar-refractivity contribution in [2.75, 3.05) is 0 Å². The average molecular weight is 471 g/mol. The number of ether oxygens (including phenoxy) is 1. The molecule has 0 amide bonds. The molecule has 0 aromatic rings. The van der Waals surface area contributed by atoms with Crippen LogP contribution in [0.5, 0.6) is 0 Å². The van der Waals surface area contributed by atoms with E-state index >= 15 is 0 Å². The summed E-state index contributed by atoms with van der Waals surface area (Å²) in [6.45, 7) is 6.12. The quantitative estimate of drug-likeness (QED) is 0.251. The number of fused-ring (bicyclic) bond motifs is 5. The first-order valence-corrected chi connectivity index (χ1v) is 14.3. The van der Waals surface area contributed by atoms with Crippen LogP contribution < -0.4 is 0 Å². The molecule has 4 heteroatoms. The zero-order chi connectivity index (χ0) is 24.3. The lowest BCUT2D eigenvalue weighted by Gasteiger charge is -2.55. The number of rotatable bonds is 10. The zero-order valence-electron chi connectivity index (χ0n) is 21.8. The normalized spacial score (nSPS) is 36.8. The zero-order valence-corrected chi connectivity index (χ0v) is 21.8. The molecule has 4 rings (SSSR count). The number of hydrogen-bond donors (Lipinski definition) is 0. The van der Waals surface area contributed by atoms with Crippen molar-refractivity contribution in [1.82, 2.24) is 0 Å². The summed E-state index contributed by atoms with van der Waals surface area (Å²) < 4.78 is 6.23. The fourth-order valence-electron chi connectivity index (χ4n) is 8.47. The molecule has 0 radical (unpaired) electrons. The molecule has 0 aromatic heterocycles. The summed E-state index contributed by atoms with van der Waals surface area (Å²) in [5.74, 6) is 2.36. The minimum Gasteiger partial charge on any atom is -0.450 e. The SMILES string of the molecule is CCCCCCCCCC(=O)O[C@]1(C(C)=O)CC[C@H]2[C@@H]3CCC4=CC(=O)CC[C@@H]4[C@H]3CC[C@@]21C. The highest BCUT2D eigenvalue weighted by molar-refractivity contribution is 5.91. The first kappa shape index (κ1) is 25.6. The standard InChI is InChI=1S/C30H46O4/c1-4-5-6-7-8-9-10-11-28(33)34-30(21(2)31)19-17-27-26-14-12-22-20-23(32)13-15-24(22)25(26)16-18-29(27,30)3/h20,24-27H,4-19H2,1-3H3/t24-,25+,26+,27-,29-,30-/m0/s1. The van der Waals surface area contributed by atoms with Crippen molar-refractivity contribution >= 4 is 17.5 Å². The van der Waals surface area contributed by atoms with Gasteiger partial charge in [-0.25, -0.2) is 0 Å². The molecule has 4 aliphatic rings. The molecular formula is C30H46O4. The van der Waals surface area contributed by atoms with Crippen molar-refractivity contribution in [3.05, 3.63) is 11.6 Å². The summed E-state index contributed by atoms with van der Waals surface area (Å²) in [6.07, 6.45) is 18.1. The molecule has 0 unspecified atom stereocenters. The summed E-state index contributed by atoms with van der Waals surface area (Å²) in [5, 5.41) is 0. The number of unbranched alkanes of at least 4 members (excludes halogenated alkanes) is 6. The Morgan fingerprint density at radius 3 is 2.41 bits per heavy atom. The first-order valence-electron chi connectivity index (χ1n) is 14.3. The fourth-order valence-corrected chi connectivity index (χ4v) is 8.47. The molecule has 0 bridgehead atoms. The molecule has 4 aliphatic carbocycles. The van der Waals surface area contributed by atoms with Crippen LogP contribution in [0, 0.1) is 29.1 Å². The minimum atomic E-state index is -0.945. The van der Waals surface area contributed by atoms with Gasteiger partial charge in [0.15, 0.2) is 17.2 Å². The lowest BCUT2D eigenvalue weighted by Crippen LogP contribution is -2.57. The Labute approximate surface area is 206 Å². The van der Waals surface area contributed by atoms with E-state index in [0.717, 1.165) is 51.4 Å². The van der Waals surface area contributed by atoms with Gasteiger partial charge in [0.2, 0.25) is 0 Å². The molecule has 34 heavy (non-hydrogen) atoms. The highest BCUT2D eigenvalue weighted by Crippen LogP contribution is 2.66. The van der Waals surface area contributed by atoms with Crippen LogP contribution in [-0.2, 0) is 19.1 Å². The van der Waals surface area contributed by atoms with Gasteiger partial charge in [0, 0.05) is 18.3 Å². The number of hydrogen-bond acceptors (Lipinski definition) is 4. The summed E-state index contributed by atoms with van der Waals surface area (Å²) >= 11 is 0. The number of ketones is 2. The van der Waals surface area contributed by atoms with E-state index in [1.54, 1.807) is 6.92 Å². The van der Waals surface area contributed by atoms with Gasteiger partial charge in [-0.15, -0.1) is 0 Å². The van der Waals surface area contributed by atoms with E-state index in [-0.39, 0.29) is 17.2 Å². The van der Waals surface area contributed by atoms with Gasteiger partial charge < -0.3 is 4.74 Å². The Balaban J connectivity index is 1.40. The van der Waals surface area contributed by atoms with Crippen LogP contribution in [0.3, 0.4) is 0 Å². The molecule has 6 atom stereocenters. The molecule has 3 fully saturated rings. The van der Waals surface area contributed by atoms with Gasteiger partial charge in [0.25, 0.3) is 0 Å². The predicted octanol–water partition coefficient (Wildman–Crippen LogP) is 7.14. The second kappa shape index (κ2) is 10.7. The van der Waals surface area contributed by atoms with E-state index in [4.69, 9.17) is 4.74 Å². The van der Waals surface area contributed by atoms with Crippen molar-refractivity contribution in [3.8, 4) is 0 Å². The third kappa shape index (κ3) is 4.67. The molecule has 190 valence electrons. The maximum absolute atomic E-state index is 13.1. The van der Waals surface area contributed by atoms with Gasteiger partial charge in [0.1, 0.15) is 0 Å². The third-order valence-electron chi connectivity index (χ3n) is 10.3. The van der Waals surface area contributed by atoms with E-state index in [9.17, 15) is 14.4 Å². The second-order valence-corrected chi connectivity index (χ2v) is 12.0. The topological polar surface area (TPSA) is 60.4 Å². The predicted molar refractivity (Wildman–Crippen MR) is 134 cm³/mol. The van der Waals surface area contributed by atoms with Crippen LogP contribution in [-0.4, -0.2) is 23.1 Å². The lowest BCUT2D eigenvalue weighted by molar-refractivity contribution is -0.187. The summed E-state index contributed by atoms with van der Waals surface area (Å²) in [4.78, 5) is 38.1. The molecule has 0 saturated heterocycles. The van der Waals surface area contributed by atoms with Crippen LogP contribution in [0.4, 0.5) is 0 Å². The monoisotopic (exact) mass is 470 g/mol. The number of carbonyl (C=O) groups excluding carboxylic acids is 3. The maximum Gasteiger partial charge on any atom is 0.306 e. The van der Waals surface area contributed by atoms with Gasteiger partial charge in [-0.2, -0.15) is 0 Å². The number of esters is 1. The van der Waals surface area contributed by atoms with Crippen LogP contribution in [0.1, 0.15) is 124 Å². The van der Waals surface area contributed by atoms with Crippen LogP contribution in [0.25, 0.3) is 0 Å². The molecule has 0 aliphatic heterocycles. The molecule has 3 saturated carbocycles. The van der Waals surface area contributed by atoms with Crippen LogP contribution >= 0.6 is 0 Å². The van der Waals surface area contributed by atoms with Gasteiger partial charge in [-0.05, 0) is 88.0 Å². The van der Waals surface area contributed by atoms with Crippen molar-refractivity contribution < 1.29 is 19.1 Å². The summed E-state index contributed by atoms with van der Waals surface area (Å²) in [7, 11) is 0. The maximum atomic E-state index is 13.1. The molecular weight excluding hydrogens is 424 g/mol. The number of allylic oxidation sites excluding steroid dienone is 1. The fraction of sp³-hybridized carbons (Fsp3) is 0.833. The van der Waals surface area contributed by atoms with Crippen LogP contribution in [0.15, 0.2) is 11.6 Å². The first-order chi connectivity index (χ1) is 16.3. The van der Waals surface area contributed by atoms with E-state index < -0.39 is 5.60 Å². The van der Waals surface area contributed by atoms with E-state index in [2.05, 4.69) is 13.8 Å². The Morgan fingerprint density at radius 1 is 0.941 bits per heavy atom. The van der Waals surface area contributed by atoms with Crippen molar-refractivity contribution in [1.29, 1.82) is 0 Å². The Kier molecular flexibility index (Phi) is 8.04. The van der Waals surface area contributed by atoms with Gasteiger partial charge in [-0.1, -0.05) is 57.9 Å². The van der Waals surface area contributed by atoms with Gasteiger partial charge in [-0.3, -0.25) is 14.4 Å². The number of Topliss-reactive ketones (excluding diaryl/α,β-unsaturated/α-hetero) is 1.